The molecule has 2 heterocycles. The van der Waals surface area contributed by atoms with Crippen molar-refractivity contribution in [3.63, 3.8) is 0 Å². The largest absolute Gasteiger partial charge is 0.491 e. The third-order valence-electron chi connectivity index (χ3n) is 3.24. The molecule has 1 aliphatic rings. The van der Waals surface area contributed by atoms with E-state index >= 15 is 0 Å². The molecule has 21 heavy (non-hydrogen) atoms. The zero-order chi connectivity index (χ0) is 14.8. The number of aromatic carboxylic acids is 1. The van der Waals surface area contributed by atoms with Crippen LogP contribution in [0.2, 0.25) is 0 Å². The average Bonchev–Trinajstić information content (AvgIpc) is 2.88. The number of H-pyrrole nitrogens is 1. The number of anilines is 1. The monoisotopic (exact) mass is 287 g/mol. The topological polar surface area (TPSA) is 95.5 Å². The van der Waals surface area contributed by atoms with E-state index < -0.39 is 11.9 Å². The summed E-state index contributed by atoms with van der Waals surface area (Å²) in [4.78, 5) is 31.6. The lowest BCUT2D eigenvalue weighted by atomic mass is 10.2. The smallest absolute Gasteiger partial charge is 0.354 e. The molecule has 0 spiro atoms. The van der Waals surface area contributed by atoms with Gasteiger partial charge < -0.3 is 19.7 Å². The number of fused-ring (bicyclic) bond motifs is 1. The first-order chi connectivity index (χ1) is 10.2. The second kappa shape index (κ2) is 5.28. The number of nitrogens with zero attached hydrogens (tertiary/aromatic N) is 2. The van der Waals surface area contributed by atoms with Crippen LogP contribution in [0.15, 0.2) is 30.6 Å². The van der Waals surface area contributed by atoms with Gasteiger partial charge in [0.2, 0.25) is 0 Å². The molecule has 1 aliphatic heterocycles. The van der Waals surface area contributed by atoms with Gasteiger partial charge >= 0.3 is 5.97 Å². The highest BCUT2D eigenvalue weighted by Gasteiger charge is 2.28. The molecule has 7 nitrogen and oxygen atoms in total. The molecule has 7 heteroatoms. The van der Waals surface area contributed by atoms with Crippen LogP contribution in [0.3, 0.4) is 0 Å². The average molecular weight is 287 g/mol. The quantitative estimate of drug-likeness (QED) is 0.873. The van der Waals surface area contributed by atoms with E-state index in [9.17, 15) is 9.59 Å². The first-order valence-corrected chi connectivity index (χ1v) is 6.49. The summed E-state index contributed by atoms with van der Waals surface area (Å²) in [5.41, 5.74) is 0.321. The number of para-hydroxylation sites is 2. The second-order valence-corrected chi connectivity index (χ2v) is 4.56. The maximum absolute atomic E-state index is 12.6. The first-order valence-electron chi connectivity index (χ1n) is 6.49. The number of carboxylic acids is 1. The summed E-state index contributed by atoms with van der Waals surface area (Å²) < 4.78 is 5.59. The third kappa shape index (κ3) is 2.33. The van der Waals surface area contributed by atoms with Crippen LogP contribution in [0.25, 0.3) is 0 Å². The molecule has 0 bridgehead atoms. The van der Waals surface area contributed by atoms with Crippen LogP contribution < -0.4 is 9.64 Å². The molecule has 0 fully saturated rings. The summed E-state index contributed by atoms with van der Waals surface area (Å²) in [6, 6.07) is 7.18. The van der Waals surface area contributed by atoms with Gasteiger partial charge in [-0.05, 0) is 18.6 Å². The number of imidazole rings is 1. The minimum atomic E-state index is -1.21. The number of aromatic amines is 1. The predicted molar refractivity (Wildman–Crippen MR) is 73.8 cm³/mol. The summed E-state index contributed by atoms with van der Waals surface area (Å²) in [5.74, 6) is -1.06. The number of hydrogen-bond acceptors (Lipinski definition) is 4. The van der Waals surface area contributed by atoms with Crippen molar-refractivity contribution >= 4 is 17.6 Å². The van der Waals surface area contributed by atoms with Crippen LogP contribution in [0.1, 0.15) is 27.4 Å². The minimum Gasteiger partial charge on any atom is -0.491 e. The normalized spacial score (nSPS) is 14.0. The van der Waals surface area contributed by atoms with Crippen LogP contribution >= 0.6 is 0 Å². The standard InChI is InChI=1S/C14H13N3O4/c18-13(11-12(14(19)20)16-8-15-11)17-6-3-7-21-10-5-2-1-4-9(10)17/h1-2,4-5,8H,3,6-7H2,(H,15,16)(H,19,20). The van der Waals surface area contributed by atoms with E-state index in [1.807, 2.05) is 6.07 Å². The van der Waals surface area contributed by atoms with Crippen LogP contribution in [0, 0.1) is 0 Å². The van der Waals surface area contributed by atoms with Gasteiger partial charge in [0.1, 0.15) is 5.75 Å². The van der Waals surface area contributed by atoms with Crippen molar-refractivity contribution in [2.75, 3.05) is 18.1 Å². The Morgan fingerprint density at radius 1 is 1.33 bits per heavy atom. The van der Waals surface area contributed by atoms with Gasteiger partial charge in [-0.2, -0.15) is 0 Å². The molecular weight excluding hydrogens is 274 g/mol. The molecule has 2 aromatic rings. The van der Waals surface area contributed by atoms with Crippen LogP contribution in [0.4, 0.5) is 5.69 Å². The van der Waals surface area contributed by atoms with Crippen molar-refractivity contribution in [2.45, 2.75) is 6.42 Å². The van der Waals surface area contributed by atoms with Gasteiger partial charge in [0.05, 0.1) is 18.6 Å². The zero-order valence-corrected chi connectivity index (χ0v) is 11.1. The van der Waals surface area contributed by atoms with Gasteiger partial charge in [-0.1, -0.05) is 12.1 Å². The number of aromatic nitrogens is 2. The molecule has 1 aromatic carbocycles. The number of hydrogen-bond donors (Lipinski definition) is 2. The SMILES string of the molecule is O=C(O)c1[nH]cnc1C(=O)N1CCCOc2ccccc21. The summed E-state index contributed by atoms with van der Waals surface area (Å²) in [7, 11) is 0. The molecule has 0 radical (unpaired) electrons. The van der Waals surface area contributed by atoms with Crippen LogP contribution in [-0.2, 0) is 0 Å². The highest BCUT2D eigenvalue weighted by atomic mass is 16.5. The molecule has 108 valence electrons. The van der Waals surface area contributed by atoms with Crippen LogP contribution in [-0.4, -0.2) is 40.1 Å². The molecule has 0 unspecified atom stereocenters. The molecular formula is C14H13N3O4. The Hall–Kier alpha value is -2.83. The van der Waals surface area contributed by atoms with Gasteiger partial charge in [-0.3, -0.25) is 4.79 Å². The molecule has 1 amide bonds. The van der Waals surface area contributed by atoms with Crippen molar-refractivity contribution in [1.29, 1.82) is 0 Å². The molecule has 0 atom stereocenters. The van der Waals surface area contributed by atoms with Gasteiger partial charge in [-0.25, -0.2) is 9.78 Å². The van der Waals surface area contributed by atoms with E-state index in [0.29, 0.717) is 31.0 Å². The summed E-state index contributed by atoms with van der Waals surface area (Å²) in [6.45, 7) is 0.953. The lowest BCUT2D eigenvalue weighted by Gasteiger charge is -2.20. The number of rotatable bonds is 2. The second-order valence-electron chi connectivity index (χ2n) is 4.56. The van der Waals surface area contributed by atoms with Gasteiger partial charge in [0.25, 0.3) is 5.91 Å². The first kappa shape index (κ1) is 13.2. The predicted octanol–water partition coefficient (Wildman–Crippen LogP) is 1.54. The fourth-order valence-electron chi connectivity index (χ4n) is 2.29. The summed E-state index contributed by atoms with van der Waals surface area (Å²) in [6.07, 6.45) is 1.87. The van der Waals surface area contributed by atoms with Crippen molar-refractivity contribution < 1.29 is 19.4 Å². The highest BCUT2D eigenvalue weighted by molar-refractivity contribution is 6.10. The number of carbonyl (C=O) groups is 2. The van der Waals surface area contributed by atoms with Gasteiger partial charge in [0, 0.05) is 6.54 Å². The third-order valence-corrected chi connectivity index (χ3v) is 3.24. The van der Waals surface area contributed by atoms with E-state index in [-0.39, 0.29) is 11.4 Å². The van der Waals surface area contributed by atoms with Crippen LogP contribution in [0.5, 0.6) is 5.75 Å². The van der Waals surface area contributed by atoms with E-state index in [1.54, 1.807) is 18.2 Å². The van der Waals surface area contributed by atoms with Crippen molar-refractivity contribution in [2.24, 2.45) is 0 Å². The Balaban J connectivity index is 2.01. The molecule has 2 N–H and O–H groups in total. The van der Waals surface area contributed by atoms with Crippen molar-refractivity contribution in [3.8, 4) is 5.75 Å². The Labute approximate surface area is 120 Å². The zero-order valence-electron chi connectivity index (χ0n) is 11.1. The highest BCUT2D eigenvalue weighted by Crippen LogP contribution is 2.31. The fourth-order valence-corrected chi connectivity index (χ4v) is 2.29. The van der Waals surface area contributed by atoms with E-state index in [1.165, 1.54) is 11.2 Å². The number of carbonyl (C=O) groups excluding carboxylic acids is 1. The molecule has 0 aliphatic carbocycles. The van der Waals surface area contributed by atoms with Gasteiger partial charge in [-0.15, -0.1) is 0 Å². The fraction of sp³-hybridized carbons (Fsp3) is 0.214. The molecule has 0 saturated carbocycles. The Morgan fingerprint density at radius 2 is 2.14 bits per heavy atom. The maximum atomic E-state index is 12.6. The Bertz CT molecular complexity index is 695. The van der Waals surface area contributed by atoms with Crippen molar-refractivity contribution in [1.82, 2.24) is 9.97 Å². The molecule has 1 aromatic heterocycles. The number of amides is 1. The maximum Gasteiger partial charge on any atom is 0.354 e. The van der Waals surface area contributed by atoms with E-state index in [4.69, 9.17) is 9.84 Å². The number of ether oxygens (including phenoxy) is 1. The molecule has 0 saturated heterocycles. The lowest BCUT2D eigenvalue weighted by molar-refractivity contribution is 0.0686. The van der Waals surface area contributed by atoms with E-state index in [2.05, 4.69) is 9.97 Å². The van der Waals surface area contributed by atoms with Crippen molar-refractivity contribution in [3.05, 3.63) is 42.0 Å². The lowest BCUT2D eigenvalue weighted by Crippen LogP contribution is -2.32. The number of carboxylic acid groups (broad SMARTS) is 1. The van der Waals surface area contributed by atoms with E-state index in [0.717, 1.165) is 0 Å². The summed E-state index contributed by atoms with van der Waals surface area (Å²) >= 11 is 0. The van der Waals surface area contributed by atoms with Gasteiger partial charge in [0.15, 0.2) is 11.4 Å². The minimum absolute atomic E-state index is 0.0980. The Morgan fingerprint density at radius 3 is 2.95 bits per heavy atom. The Kier molecular flexibility index (Phi) is 3.31. The summed E-state index contributed by atoms with van der Waals surface area (Å²) in [5, 5.41) is 9.09. The number of benzene rings is 1. The molecule has 3 rings (SSSR count). The number of nitrogens with one attached hydrogen (secondary N) is 1.